The number of fused-ring (bicyclic) bond motifs is 3. The van der Waals surface area contributed by atoms with Crippen LogP contribution >= 0.6 is 0 Å². The molecule has 2 atom stereocenters. The molecule has 136 valence electrons. The molecule has 6 rings (SSSR count). The van der Waals surface area contributed by atoms with E-state index >= 15 is 0 Å². The number of pyridine rings is 2. The van der Waals surface area contributed by atoms with Gasteiger partial charge in [0.1, 0.15) is 6.07 Å². The summed E-state index contributed by atoms with van der Waals surface area (Å²) in [6.07, 6.45) is 7.66. The zero-order valence-electron chi connectivity index (χ0n) is 15.1. The highest BCUT2D eigenvalue weighted by Crippen LogP contribution is 2.37. The van der Waals surface area contributed by atoms with Crippen LogP contribution in [0.3, 0.4) is 0 Å². The first kappa shape index (κ1) is 16.1. The highest BCUT2D eigenvalue weighted by molar-refractivity contribution is 5.63. The third-order valence-corrected chi connectivity index (χ3v) is 5.62. The molecule has 2 bridgehead atoms. The van der Waals surface area contributed by atoms with Gasteiger partial charge in [0.2, 0.25) is 5.88 Å². The van der Waals surface area contributed by atoms with Crippen molar-refractivity contribution in [2.45, 2.75) is 24.4 Å². The van der Waals surface area contributed by atoms with Gasteiger partial charge in [-0.15, -0.1) is 0 Å². The van der Waals surface area contributed by atoms with E-state index in [9.17, 15) is 0 Å². The zero-order chi connectivity index (χ0) is 18.4. The van der Waals surface area contributed by atoms with E-state index in [1.807, 2.05) is 24.5 Å². The summed E-state index contributed by atoms with van der Waals surface area (Å²) in [5.74, 6) is 0.644. The van der Waals surface area contributed by atoms with E-state index < -0.39 is 0 Å². The van der Waals surface area contributed by atoms with Gasteiger partial charge in [-0.05, 0) is 30.5 Å². The van der Waals surface area contributed by atoms with Crippen LogP contribution in [0.1, 0.15) is 17.5 Å². The van der Waals surface area contributed by atoms with Gasteiger partial charge in [0.25, 0.3) is 0 Å². The van der Waals surface area contributed by atoms with Crippen molar-refractivity contribution in [3.63, 3.8) is 0 Å². The number of aromatic nitrogens is 3. The Kier molecular flexibility index (Phi) is 3.55. The molecule has 0 amide bonds. The SMILES string of the molecule is COc1ccc(CC23CC(CN(c4ccc5c(C#N)cnn5c4)C2)N3)cn1. The molecule has 3 aliphatic heterocycles. The van der Waals surface area contributed by atoms with Crippen molar-refractivity contribution in [2.75, 3.05) is 25.1 Å². The lowest BCUT2D eigenvalue weighted by atomic mass is 9.73. The fourth-order valence-corrected chi connectivity index (χ4v) is 4.45. The highest BCUT2D eigenvalue weighted by Gasteiger charge is 2.49. The molecule has 0 radical (unpaired) electrons. The Labute approximate surface area is 157 Å². The standard InChI is InChI=1S/C20H20N6O/c1-27-19-5-2-14(9-22-19)6-20-7-16(24-20)11-25(13-20)17-3-4-18-15(8-21)10-23-26(18)12-17/h2-5,9-10,12,16,24H,6-7,11,13H2,1H3. The minimum atomic E-state index is 0.0794. The van der Waals surface area contributed by atoms with Crippen molar-refractivity contribution in [1.82, 2.24) is 19.9 Å². The third-order valence-electron chi connectivity index (χ3n) is 5.62. The first-order valence-electron chi connectivity index (χ1n) is 9.07. The second-order valence-corrected chi connectivity index (χ2v) is 7.48. The largest absolute Gasteiger partial charge is 0.481 e. The number of piperazine rings is 1. The van der Waals surface area contributed by atoms with E-state index in [-0.39, 0.29) is 5.54 Å². The van der Waals surface area contributed by atoms with Gasteiger partial charge in [-0.3, -0.25) is 0 Å². The van der Waals surface area contributed by atoms with Gasteiger partial charge in [0.15, 0.2) is 0 Å². The molecular weight excluding hydrogens is 340 g/mol. The Morgan fingerprint density at radius 3 is 2.96 bits per heavy atom. The summed E-state index contributed by atoms with van der Waals surface area (Å²) < 4.78 is 6.94. The quantitative estimate of drug-likeness (QED) is 0.764. The van der Waals surface area contributed by atoms with E-state index in [1.165, 1.54) is 12.0 Å². The number of nitriles is 1. The predicted octanol–water partition coefficient (Wildman–Crippen LogP) is 1.77. The maximum Gasteiger partial charge on any atom is 0.212 e. The molecule has 3 aliphatic rings. The topological polar surface area (TPSA) is 78.5 Å². The predicted molar refractivity (Wildman–Crippen MR) is 101 cm³/mol. The Hall–Kier alpha value is -3.11. The lowest BCUT2D eigenvalue weighted by molar-refractivity contribution is 0.108. The molecule has 1 N–H and O–H groups in total. The van der Waals surface area contributed by atoms with Crippen LogP contribution < -0.4 is 15.0 Å². The van der Waals surface area contributed by atoms with Crippen molar-refractivity contribution in [3.8, 4) is 11.9 Å². The number of nitrogens with one attached hydrogen (secondary N) is 1. The average molecular weight is 360 g/mol. The molecule has 3 saturated heterocycles. The van der Waals surface area contributed by atoms with Crippen molar-refractivity contribution in [3.05, 3.63) is 54.0 Å². The number of hydrogen-bond donors (Lipinski definition) is 1. The Bertz CT molecular complexity index is 1030. The van der Waals surface area contributed by atoms with Gasteiger partial charge >= 0.3 is 0 Å². The summed E-state index contributed by atoms with van der Waals surface area (Å²) in [5, 5.41) is 17.2. The molecule has 0 aliphatic carbocycles. The van der Waals surface area contributed by atoms with Crippen molar-refractivity contribution < 1.29 is 4.74 Å². The third kappa shape index (κ3) is 2.69. The van der Waals surface area contributed by atoms with E-state index in [0.717, 1.165) is 30.7 Å². The fourth-order valence-electron chi connectivity index (χ4n) is 4.45. The lowest BCUT2D eigenvalue weighted by Gasteiger charge is -2.58. The molecule has 3 fully saturated rings. The molecule has 27 heavy (non-hydrogen) atoms. The van der Waals surface area contributed by atoms with E-state index in [1.54, 1.807) is 17.8 Å². The van der Waals surface area contributed by atoms with Crippen LogP contribution in [0.25, 0.3) is 5.52 Å². The van der Waals surface area contributed by atoms with Crippen LogP contribution in [-0.4, -0.2) is 46.4 Å². The minimum Gasteiger partial charge on any atom is -0.481 e. The van der Waals surface area contributed by atoms with Crippen LogP contribution in [0.15, 0.2) is 42.9 Å². The molecule has 7 nitrogen and oxygen atoms in total. The zero-order valence-corrected chi connectivity index (χ0v) is 15.1. The van der Waals surface area contributed by atoms with Gasteiger partial charge in [-0.25, -0.2) is 9.50 Å². The smallest absolute Gasteiger partial charge is 0.212 e. The monoisotopic (exact) mass is 360 g/mol. The van der Waals surface area contributed by atoms with Gasteiger partial charge in [0, 0.05) is 36.9 Å². The minimum absolute atomic E-state index is 0.0794. The number of hydrogen-bond acceptors (Lipinski definition) is 6. The molecule has 3 aromatic heterocycles. The normalized spacial score (nSPS) is 23.7. The van der Waals surface area contributed by atoms with Gasteiger partial charge in [-0.2, -0.15) is 10.4 Å². The summed E-state index contributed by atoms with van der Waals surface area (Å²) in [7, 11) is 1.63. The number of piperidine rings is 1. The summed E-state index contributed by atoms with van der Waals surface area (Å²) in [5.41, 5.74) is 3.88. The second-order valence-electron chi connectivity index (χ2n) is 7.48. The Balaban J connectivity index is 1.37. The summed E-state index contributed by atoms with van der Waals surface area (Å²) >= 11 is 0. The van der Waals surface area contributed by atoms with Crippen molar-refractivity contribution in [1.29, 1.82) is 5.26 Å². The summed E-state index contributed by atoms with van der Waals surface area (Å²) in [4.78, 5) is 6.74. The number of anilines is 1. The summed E-state index contributed by atoms with van der Waals surface area (Å²) in [6.45, 7) is 1.92. The van der Waals surface area contributed by atoms with Crippen molar-refractivity contribution >= 4 is 11.2 Å². The number of ether oxygens (including phenoxy) is 1. The molecule has 6 heterocycles. The average Bonchev–Trinajstić information content (AvgIpc) is 3.10. The van der Waals surface area contributed by atoms with E-state index in [0.29, 0.717) is 17.5 Å². The molecule has 3 aromatic rings. The van der Waals surface area contributed by atoms with Crippen LogP contribution in [0.2, 0.25) is 0 Å². The fraction of sp³-hybridized carbons (Fsp3) is 0.350. The van der Waals surface area contributed by atoms with E-state index in [2.05, 4.69) is 38.5 Å². The molecule has 2 unspecified atom stereocenters. The van der Waals surface area contributed by atoms with Crippen LogP contribution in [0.5, 0.6) is 5.88 Å². The molecule has 7 heteroatoms. The van der Waals surface area contributed by atoms with Crippen LogP contribution in [-0.2, 0) is 6.42 Å². The number of rotatable bonds is 4. The Morgan fingerprint density at radius 1 is 1.33 bits per heavy atom. The van der Waals surface area contributed by atoms with Gasteiger partial charge in [-0.1, -0.05) is 6.07 Å². The van der Waals surface area contributed by atoms with Gasteiger partial charge in [0.05, 0.1) is 36.3 Å². The highest BCUT2D eigenvalue weighted by atomic mass is 16.5. The maximum absolute atomic E-state index is 9.16. The molecular formula is C20H20N6O. The maximum atomic E-state index is 9.16. The molecule has 0 saturated carbocycles. The molecule has 0 aromatic carbocycles. The molecule has 0 spiro atoms. The van der Waals surface area contributed by atoms with Crippen LogP contribution in [0, 0.1) is 11.3 Å². The van der Waals surface area contributed by atoms with Crippen molar-refractivity contribution in [2.24, 2.45) is 0 Å². The number of methoxy groups -OCH3 is 1. The number of nitrogens with zero attached hydrogens (tertiary/aromatic N) is 5. The van der Waals surface area contributed by atoms with Gasteiger partial charge < -0.3 is 15.0 Å². The summed E-state index contributed by atoms with van der Waals surface area (Å²) in [6, 6.07) is 10.8. The lowest BCUT2D eigenvalue weighted by Crippen LogP contribution is -2.76. The first-order valence-corrected chi connectivity index (χ1v) is 9.07. The first-order chi connectivity index (χ1) is 13.2. The Morgan fingerprint density at radius 2 is 2.22 bits per heavy atom. The van der Waals surface area contributed by atoms with E-state index in [4.69, 9.17) is 10.00 Å². The second kappa shape index (κ2) is 5.96. The van der Waals surface area contributed by atoms with Crippen LogP contribution in [0.4, 0.5) is 5.69 Å².